The van der Waals surface area contributed by atoms with Gasteiger partial charge in [0, 0.05) is 17.3 Å². The van der Waals surface area contributed by atoms with E-state index in [-0.39, 0.29) is 24.7 Å². The molecule has 138 valence electrons. The van der Waals surface area contributed by atoms with Crippen LogP contribution in [0, 0.1) is 0 Å². The molecular formula is C17H14ClF3N2O3. The molecule has 0 saturated carbocycles. The first-order valence-corrected chi connectivity index (χ1v) is 7.74. The molecule has 2 aromatic carbocycles. The Bertz CT molecular complexity index is 762. The van der Waals surface area contributed by atoms with E-state index in [4.69, 9.17) is 16.3 Å². The second-order valence-electron chi connectivity index (χ2n) is 5.17. The number of benzene rings is 2. The summed E-state index contributed by atoms with van der Waals surface area (Å²) < 4.78 is 41.8. The van der Waals surface area contributed by atoms with Crippen molar-refractivity contribution in [3.8, 4) is 5.75 Å². The van der Waals surface area contributed by atoms with Gasteiger partial charge in [-0.25, -0.2) is 0 Å². The molecule has 0 aliphatic rings. The van der Waals surface area contributed by atoms with Gasteiger partial charge in [-0.05, 0) is 42.0 Å². The van der Waals surface area contributed by atoms with Gasteiger partial charge in [0.15, 0.2) is 6.61 Å². The minimum atomic E-state index is -4.95. The van der Waals surface area contributed by atoms with Crippen LogP contribution in [-0.4, -0.2) is 24.6 Å². The number of amides is 2. The SMILES string of the molecule is O=C(COc1ccc(Cl)cc1)NCc1ccc(NC(=O)C(F)(F)F)cc1. The highest BCUT2D eigenvalue weighted by atomic mass is 35.5. The van der Waals surface area contributed by atoms with Crippen molar-refractivity contribution in [1.29, 1.82) is 0 Å². The molecule has 0 unspecified atom stereocenters. The Morgan fingerprint density at radius 2 is 1.62 bits per heavy atom. The zero-order valence-electron chi connectivity index (χ0n) is 13.3. The molecule has 0 radical (unpaired) electrons. The summed E-state index contributed by atoms with van der Waals surface area (Å²) in [5, 5.41) is 4.90. The number of carbonyl (C=O) groups excluding carboxylic acids is 2. The Morgan fingerprint density at radius 1 is 1.00 bits per heavy atom. The van der Waals surface area contributed by atoms with Crippen LogP contribution in [-0.2, 0) is 16.1 Å². The predicted octanol–water partition coefficient (Wildman–Crippen LogP) is 3.54. The number of rotatable bonds is 6. The Kier molecular flexibility index (Phi) is 6.46. The first-order valence-electron chi connectivity index (χ1n) is 7.36. The van der Waals surface area contributed by atoms with Gasteiger partial charge in [-0.15, -0.1) is 0 Å². The summed E-state index contributed by atoms with van der Waals surface area (Å²) in [7, 11) is 0. The predicted molar refractivity (Wildman–Crippen MR) is 89.9 cm³/mol. The highest BCUT2D eigenvalue weighted by Gasteiger charge is 2.38. The molecule has 0 aromatic heterocycles. The van der Waals surface area contributed by atoms with Gasteiger partial charge in [-0.3, -0.25) is 9.59 Å². The summed E-state index contributed by atoms with van der Waals surface area (Å²) in [6.45, 7) is -0.0301. The van der Waals surface area contributed by atoms with Gasteiger partial charge in [0.2, 0.25) is 0 Å². The molecule has 0 atom stereocenters. The van der Waals surface area contributed by atoms with E-state index in [1.807, 2.05) is 0 Å². The average molecular weight is 387 g/mol. The standard InChI is InChI=1S/C17H14ClF3N2O3/c18-12-3-7-14(8-4-12)26-10-15(24)22-9-11-1-5-13(6-2-11)23-16(25)17(19,20)21/h1-8H,9-10H2,(H,22,24)(H,23,25). The van der Waals surface area contributed by atoms with Crippen molar-refractivity contribution in [3.63, 3.8) is 0 Å². The van der Waals surface area contributed by atoms with Gasteiger partial charge in [0.1, 0.15) is 5.75 Å². The normalized spacial score (nSPS) is 10.9. The van der Waals surface area contributed by atoms with E-state index in [1.165, 1.54) is 24.3 Å². The van der Waals surface area contributed by atoms with Gasteiger partial charge in [-0.2, -0.15) is 13.2 Å². The van der Waals surface area contributed by atoms with E-state index in [2.05, 4.69) is 5.32 Å². The maximum atomic E-state index is 12.2. The third-order valence-corrected chi connectivity index (χ3v) is 3.39. The number of carbonyl (C=O) groups is 2. The second-order valence-corrected chi connectivity index (χ2v) is 5.60. The lowest BCUT2D eigenvalue weighted by Crippen LogP contribution is -2.30. The summed E-state index contributed by atoms with van der Waals surface area (Å²) in [6.07, 6.45) is -4.95. The molecule has 0 fully saturated rings. The lowest BCUT2D eigenvalue weighted by molar-refractivity contribution is -0.167. The van der Waals surface area contributed by atoms with Crippen molar-refractivity contribution in [1.82, 2.24) is 5.32 Å². The highest BCUT2D eigenvalue weighted by molar-refractivity contribution is 6.30. The van der Waals surface area contributed by atoms with E-state index in [9.17, 15) is 22.8 Å². The summed E-state index contributed by atoms with van der Waals surface area (Å²) in [6, 6.07) is 12.1. The van der Waals surface area contributed by atoms with Crippen LogP contribution in [0.4, 0.5) is 18.9 Å². The van der Waals surface area contributed by atoms with Crippen LogP contribution in [0.5, 0.6) is 5.75 Å². The van der Waals surface area contributed by atoms with Crippen molar-refractivity contribution >= 4 is 29.1 Å². The Labute approximate surface area is 152 Å². The third-order valence-electron chi connectivity index (χ3n) is 3.14. The van der Waals surface area contributed by atoms with Gasteiger partial charge >= 0.3 is 12.1 Å². The van der Waals surface area contributed by atoms with Crippen LogP contribution in [0.25, 0.3) is 0 Å². The Morgan fingerprint density at radius 3 is 2.19 bits per heavy atom. The van der Waals surface area contributed by atoms with Gasteiger partial charge < -0.3 is 15.4 Å². The number of nitrogens with one attached hydrogen (secondary N) is 2. The van der Waals surface area contributed by atoms with Crippen LogP contribution < -0.4 is 15.4 Å². The minimum Gasteiger partial charge on any atom is -0.484 e. The zero-order valence-corrected chi connectivity index (χ0v) is 14.0. The molecule has 0 spiro atoms. The van der Waals surface area contributed by atoms with E-state index in [1.54, 1.807) is 29.6 Å². The number of hydrogen-bond acceptors (Lipinski definition) is 3. The molecule has 0 aliphatic carbocycles. The molecule has 0 heterocycles. The van der Waals surface area contributed by atoms with E-state index < -0.39 is 12.1 Å². The van der Waals surface area contributed by atoms with Crippen LogP contribution in [0.3, 0.4) is 0 Å². The van der Waals surface area contributed by atoms with E-state index in [0.29, 0.717) is 16.3 Å². The summed E-state index contributed by atoms with van der Waals surface area (Å²) in [5.41, 5.74) is 0.656. The lowest BCUT2D eigenvalue weighted by atomic mass is 10.2. The van der Waals surface area contributed by atoms with Crippen LogP contribution in [0.2, 0.25) is 5.02 Å². The lowest BCUT2D eigenvalue weighted by Gasteiger charge is -2.10. The summed E-state index contributed by atoms with van der Waals surface area (Å²) in [5.74, 6) is -1.92. The van der Waals surface area contributed by atoms with Crippen molar-refractivity contribution < 1.29 is 27.5 Å². The van der Waals surface area contributed by atoms with Crippen molar-refractivity contribution in [2.24, 2.45) is 0 Å². The zero-order chi connectivity index (χ0) is 19.2. The van der Waals surface area contributed by atoms with E-state index >= 15 is 0 Å². The van der Waals surface area contributed by atoms with Gasteiger partial charge in [0.25, 0.3) is 5.91 Å². The summed E-state index contributed by atoms with van der Waals surface area (Å²) in [4.78, 5) is 22.6. The van der Waals surface area contributed by atoms with Gasteiger partial charge in [-0.1, -0.05) is 23.7 Å². The molecule has 9 heteroatoms. The largest absolute Gasteiger partial charge is 0.484 e. The number of alkyl halides is 3. The van der Waals surface area contributed by atoms with Crippen LogP contribution in [0.1, 0.15) is 5.56 Å². The summed E-state index contributed by atoms with van der Waals surface area (Å²) >= 11 is 5.74. The first-order chi connectivity index (χ1) is 12.2. The highest BCUT2D eigenvalue weighted by Crippen LogP contribution is 2.18. The molecule has 0 aliphatic heterocycles. The maximum Gasteiger partial charge on any atom is 0.471 e. The monoisotopic (exact) mass is 386 g/mol. The minimum absolute atomic E-state index is 0.00785. The average Bonchev–Trinajstić information content (AvgIpc) is 2.60. The first kappa shape index (κ1) is 19.6. The fraction of sp³-hybridized carbons (Fsp3) is 0.176. The van der Waals surface area contributed by atoms with Gasteiger partial charge in [0.05, 0.1) is 0 Å². The fourth-order valence-corrected chi connectivity index (χ4v) is 1.97. The molecule has 2 rings (SSSR count). The topological polar surface area (TPSA) is 67.4 Å². The van der Waals surface area contributed by atoms with E-state index in [0.717, 1.165) is 0 Å². The molecule has 2 aromatic rings. The number of halogens is 4. The molecule has 2 amide bonds. The Hall–Kier alpha value is -2.74. The van der Waals surface area contributed by atoms with Crippen LogP contribution >= 0.6 is 11.6 Å². The van der Waals surface area contributed by atoms with Crippen molar-refractivity contribution in [2.75, 3.05) is 11.9 Å². The molecule has 0 bridgehead atoms. The molecule has 5 nitrogen and oxygen atoms in total. The Balaban J connectivity index is 1.77. The van der Waals surface area contributed by atoms with Crippen molar-refractivity contribution in [3.05, 3.63) is 59.1 Å². The number of anilines is 1. The second kappa shape index (κ2) is 8.57. The number of ether oxygens (including phenoxy) is 1. The fourth-order valence-electron chi connectivity index (χ4n) is 1.84. The maximum absolute atomic E-state index is 12.2. The van der Waals surface area contributed by atoms with Crippen LogP contribution in [0.15, 0.2) is 48.5 Å². The van der Waals surface area contributed by atoms with Crippen molar-refractivity contribution in [2.45, 2.75) is 12.7 Å². The molecule has 26 heavy (non-hydrogen) atoms. The molecule has 2 N–H and O–H groups in total. The quantitative estimate of drug-likeness (QED) is 0.798. The number of hydrogen-bond donors (Lipinski definition) is 2. The smallest absolute Gasteiger partial charge is 0.471 e. The molecular weight excluding hydrogens is 373 g/mol. The third kappa shape index (κ3) is 6.29. The molecule has 0 saturated heterocycles.